The van der Waals surface area contributed by atoms with Gasteiger partial charge in [-0.2, -0.15) is 0 Å². The molecule has 0 aromatic carbocycles. The Morgan fingerprint density at radius 3 is 2.21 bits per heavy atom. The Morgan fingerprint density at radius 1 is 1.16 bits per heavy atom. The number of aromatic nitrogens is 1. The van der Waals surface area contributed by atoms with Gasteiger partial charge in [-0.25, -0.2) is 0 Å². The summed E-state index contributed by atoms with van der Waals surface area (Å²) in [5, 5.41) is 9.47. The third-order valence-electron chi connectivity index (χ3n) is 3.79. The van der Waals surface area contributed by atoms with E-state index < -0.39 is 6.10 Å². The van der Waals surface area contributed by atoms with Gasteiger partial charge in [-0.3, -0.25) is 9.88 Å². The highest BCUT2D eigenvalue weighted by molar-refractivity contribution is 5.45. The van der Waals surface area contributed by atoms with Gasteiger partial charge in [0.2, 0.25) is 0 Å². The molecule has 1 aromatic heterocycles. The molecule has 1 aromatic rings. The molecule has 2 rings (SSSR count). The maximum atomic E-state index is 9.47. The minimum absolute atomic E-state index is 0.251. The molecule has 19 heavy (non-hydrogen) atoms. The molecule has 0 amide bonds. The zero-order valence-corrected chi connectivity index (χ0v) is 12.4. The molecule has 1 aliphatic heterocycles. The third-order valence-corrected chi connectivity index (χ3v) is 3.79. The first kappa shape index (κ1) is 14.3. The summed E-state index contributed by atoms with van der Waals surface area (Å²) in [6.45, 7) is 12.8. The zero-order valence-electron chi connectivity index (χ0n) is 12.4. The molecule has 4 heteroatoms. The van der Waals surface area contributed by atoms with Crippen LogP contribution in [0.3, 0.4) is 0 Å². The molecule has 1 unspecified atom stereocenters. The Labute approximate surface area is 116 Å². The molecule has 1 N–H and O–H groups in total. The van der Waals surface area contributed by atoms with Crippen LogP contribution >= 0.6 is 0 Å². The molecule has 0 radical (unpaired) electrons. The SMILES string of the molecule is CC(O)c1ccc(N2CCN(C(C)(C)C)CC2)cn1. The third kappa shape index (κ3) is 3.45. The average molecular weight is 263 g/mol. The molecule has 1 saturated heterocycles. The number of hydrogen-bond donors (Lipinski definition) is 1. The highest BCUT2D eigenvalue weighted by Gasteiger charge is 2.25. The smallest absolute Gasteiger partial charge is 0.0931 e. The van der Waals surface area contributed by atoms with Gasteiger partial charge in [0.15, 0.2) is 0 Å². The summed E-state index contributed by atoms with van der Waals surface area (Å²) in [7, 11) is 0. The molecule has 0 bridgehead atoms. The van der Waals surface area contributed by atoms with Gasteiger partial charge in [0, 0.05) is 31.7 Å². The standard InChI is InChI=1S/C15H25N3O/c1-12(19)14-6-5-13(11-16-14)17-7-9-18(10-8-17)15(2,3)4/h5-6,11-12,19H,7-10H2,1-4H3. The number of piperazine rings is 1. The van der Waals surface area contributed by atoms with Crippen LogP contribution in [0.5, 0.6) is 0 Å². The van der Waals surface area contributed by atoms with Gasteiger partial charge in [-0.05, 0) is 39.8 Å². The van der Waals surface area contributed by atoms with E-state index in [0.29, 0.717) is 0 Å². The number of anilines is 1. The number of aliphatic hydroxyl groups is 1. The van der Waals surface area contributed by atoms with Crippen LogP contribution in [0.15, 0.2) is 18.3 Å². The largest absolute Gasteiger partial charge is 0.387 e. The van der Waals surface area contributed by atoms with Gasteiger partial charge in [-0.15, -0.1) is 0 Å². The second kappa shape index (κ2) is 5.47. The Hall–Kier alpha value is -1.13. The summed E-state index contributed by atoms with van der Waals surface area (Å²) in [6, 6.07) is 3.97. The van der Waals surface area contributed by atoms with Crippen LogP contribution in [0.25, 0.3) is 0 Å². The van der Waals surface area contributed by atoms with Crippen molar-refractivity contribution in [2.75, 3.05) is 31.1 Å². The molecule has 1 aliphatic rings. The summed E-state index contributed by atoms with van der Waals surface area (Å²) in [5.74, 6) is 0. The second-order valence-corrected chi connectivity index (χ2v) is 6.26. The summed E-state index contributed by atoms with van der Waals surface area (Å²) < 4.78 is 0. The van der Waals surface area contributed by atoms with E-state index in [9.17, 15) is 5.11 Å². The van der Waals surface area contributed by atoms with Crippen LogP contribution in [0.4, 0.5) is 5.69 Å². The van der Waals surface area contributed by atoms with Crippen molar-refractivity contribution in [3.63, 3.8) is 0 Å². The predicted octanol–water partition coefficient (Wildman–Crippen LogP) is 2.06. The van der Waals surface area contributed by atoms with Crippen molar-refractivity contribution < 1.29 is 5.11 Å². The lowest BCUT2D eigenvalue weighted by Crippen LogP contribution is -2.53. The van der Waals surface area contributed by atoms with Crippen LogP contribution in [-0.2, 0) is 0 Å². The lowest BCUT2D eigenvalue weighted by Gasteiger charge is -2.43. The van der Waals surface area contributed by atoms with Crippen molar-refractivity contribution >= 4 is 5.69 Å². The molecule has 2 heterocycles. The maximum absolute atomic E-state index is 9.47. The lowest BCUT2D eigenvalue weighted by molar-refractivity contribution is 0.128. The van der Waals surface area contributed by atoms with Gasteiger partial charge in [0.1, 0.15) is 0 Å². The summed E-state index contributed by atoms with van der Waals surface area (Å²) >= 11 is 0. The molecule has 4 nitrogen and oxygen atoms in total. The Bertz CT molecular complexity index is 400. The maximum Gasteiger partial charge on any atom is 0.0931 e. The van der Waals surface area contributed by atoms with Crippen LogP contribution in [-0.4, -0.2) is 46.7 Å². The average Bonchev–Trinajstić information content (AvgIpc) is 2.38. The Kier molecular flexibility index (Phi) is 4.11. The van der Waals surface area contributed by atoms with Crippen molar-refractivity contribution in [1.82, 2.24) is 9.88 Å². The number of nitrogens with zero attached hydrogens (tertiary/aromatic N) is 3. The molecule has 1 atom stereocenters. The van der Waals surface area contributed by atoms with E-state index in [2.05, 4.69) is 41.6 Å². The summed E-state index contributed by atoms with van der Waals surface area (Å²) in [5.41, 5.74) is 2.13. The highest BCUT2D eigenvalue weighted by atomic mass is 16.3. The van der Waals surface area contributed by atoms with Crippen LogP contribution < -0.4 is 4.90 Å². The number of rotatable bonds is 2. The van der Waals surface area contributed by atoms with E-state index in [1.165, 1.54) is 0 Å². The van der Waals surface area contributed by atoms with E-state index in [-0.39, 0.29) is 5.54 Å². The van der Waals surface area contributed by atoms with E-state index in [1.807, 2.05) is 12.3 Å². The monoisotopic (exact) mass is 263 g/mol. The summed E-state index contributed by atoms with van der Waals surface area (Å²) in [4.78, 5) is 9.19. The van der Waals surface area contributed by atoms with Gasteiger partial charge < -0.3 is 10.0 Å². The molecule has 106 valence electrons. The van der Waals surface area contributed by atoms with Crippen LogP contribution in [0.1, 0.15) is 39.5 Å². The second-order valence-electron chi connectivity index (χ2n) is 6.26. The first-order valence-electron chi connectivity index (χ1n) is 7.02. The van der Waals surface area contributed by atoms with Crippen molar-refractivity contribution in [1.29, 1.82) is 0 Å². The van der Waals surface area contributed by atoms with E-state index in [0.717, 1.165) is 37.6 Å². The topological polar surface area (TPSA) is 39.6 Å². The quantitative estimate of drug-likeness (QED) is 0.886. The fourth-order valence-electron chi connectivity index (χ4n) is 2.47. The van der Waals surface area contributed by atoms with Gasteiger partial charge in [0.25, 0.3) is 0 Å². The number of hydrogen-bond acceptors (Lipinski definition) is 4. The van der Waals surface area contributed by atoms with Gasteiger partial charge >= 0.3 is 0 Å². The predicted molar refractivity (Wildman–Crippen MR) is 78.4 cm³/mol. The molecular formula is C15H25N3O. The molecule has 0 aliphatic carbocycles. The minimum atomic E-state index is -0.494. The van der Waals surface area contributed by atoms with Crippen LogP contribution in [0.2, 0.25) is 0 Å². The lowest BCUT2D eigenvalue weighted by atomic mass is 10.0. The fraction of sp³-hybridized carbons (Fsp3) is 0.667. The van der Waals surface area contributed by atoms with E-state index in [1.54, 1.807) is 6.92 Å². The van der Waals surface area contributed by atoms with Gasteiger partial charge in [0.05, 0.1) is 23.7 Å². The Morgan fingerprint density at radius 2 is 1.79 bits per heavy atom. The van der Waals surface area contributed by atoms with Crippen molar-refractivity contribution in [3.8, 4) is 0 Å². The minimum Gasteiger partial charge on any atom is -0.387 e. The van der Waals surface area contributed by atoms with E-state index >= 15 is 0 Å². The zero-order chi connectivity index (χ0) is 14.0. The normalized spacial score (nSPS) is 19.5. The molecular weight excluding hydrogens is 238 g/mol. The first-order chi connectivity index (χ1) is 8.88. The fourth-order valence-corrected chi connectivity index (χ4v) is 2.47. The van der Waals surface area contributed by atoms with Crippen molar-refractivity contribution in [2.24, 2.45) is 0 Å². The van der Waals surface area contributed by atoms with Crippen molar-refractivity contribution in [3.05, 3.63) is 24.0 Å². The van der Waals surface area contributed by atoms with Gasteiger partial charge in [-0.1, -0.05) is 0 Å². The van der Waals surface area contributed by atoms with Crippen molar-refractivity contribution in [2.45, 2.75) is 39.3 Å². The Balaban J connectivity index is 1.98. The number of pyridine rings is 1. The van der Waals surface area contributed by atoms with E-state index in [4.69, 9.17) is 0 Å². The van der Waals surface area contributed by atoms with Crippen LogP contribution in [0, 0.1) is 0 Å². The molecule has 1 fully saturated rings. The molecule has 0 spiro atoms. The number of aliphatic hydroxyl groups excluding tert-OH is 1. The molecule has 0 saturated carbocycles. The first-order valence-corrected chi connectivity index (χ1v) is 7.02. The highest BCUT2D eigenvalue weighted by Crippen LogP contribution is 2.21. The summed E-state index contributed by atoms with van der Waals surface area (Å²) in [6.07, 6.45) is 1.38.